The zero-order chi connectivity index (χ0) is 14.8. The van der Waals surface area contributed by atoms with Crippen molar-refractivity contribution in [1.29, 1.82) is 0 Å². The lowest BCUT2D eigenvalue weighted by molar-refractivity contribution is -0.137. The summed E-state index contributed by atoms with van der Waals surface area (Å²) in [6.45, 7) is 2.32. The van der Waals surface area contributed by atoms with Crippen LogP contribution in [0.3, 0.4) is 0 Å². The quantitative estimate of drug-likeness (QED) is 0.933. The minimum atomic E-state index is -4.30. The summed E-state index contributed by atoms with van der Waals surface area (Å²) in [4.78, 5) is 0. The fourth-order valence-corrected chi connectivity index (χ4v) is 1.91. The predicted molar refractivity (Wildman–Crippen MR) is 69.9 cm³/mol. The van der Waals surface area contributed by atoms with Crippen molar-refractivity contribution in [3.63, 3.8) is 0 Å². The van der Waals surface area contributed by atoms with Gasteiger partial charge in [-0.15, -0.1) is 0 Å². The number of nitrogens with zero attached hydrogens (tertiary/aromatic N) is 2. The summed E-state index contributed by atoms with van der Waals surface area (Å²) in [6, 6.07) is 5.38. The van der Waals surface area contributed by atoms with E-state index < -0.39 is 11.7 Å². The average molecular weight is 283 g/mol. The number of aromatic nitrogens is 2. The zero-order valence-corrected chi connectivity index (χ0v) is 11.3. The molecule has 1 aromatic carbocycles. The smallest absolute Gasteiger partial charge is 0.306 e. The lowest BCUT2D eigenvalue weighted by Crippen LogP contribution is -2.18. The molecule has 20 heavy (non-hydrogen) atoms. The number of rotatable bonds is 4. The SMILES string of the molecule is CC(NCc1cccc(C(F)(F)F)c1)c1cnn(C)c1. The predicted octanol–water partition coefficient (Wildman–Crippen LogP) is 3.29. The number of nitrogens with one attached hydrogen (secondary N) is 1. The van der Waals surface area contributed by atoms with E-state index in [4.69, 9.17) is 0 Å². The van der Waals surface area contributed by atoms with Gasteiger partial charge in [-0.05, 0) is 18.6 Å². The molecule has 6 heteroatoms. The summed E-state index contributed by atoms with van der Waals surface area (Å²) in [5.41, 5.74) is 0.987. The first-order valence-electron chi connectivity index (χ1n) is 6.24. The monoisotopic (exact) mass is 283 g/mol. The van der Waals surface area contributed by atoms with Crippen LogP contribution < -0.4 is 5.32 Å². The Morgan fingerprint density at radius 3 is 2.70 bits per heavy atom. The molecule has 2 aromatic rings. The molecule has 1 atom stereocenters. The Bertz CT molecular complexity index is 575. The van der Waals surface area contributed by atoms with Crippen LogP contribution in [0, 0.1) is 0 Å². The number of hydrogen-bond donors (Lipinski definition) is 1. The highest BCUT2D eigenvalue weighted by Gasteiger charge is 2.30. The van der Waals surface area contributed by atoms with E-state index in [0.717, 1.165) is 11.6 Å². The summed E-state index contributed by atoms with van der Waals surface area (Å²) in [5, 5.41) is 7.25. The molecule has 3 nitrogen and oxygen atoms in total. The second-order valence-corrected chi connectivity index (χ2v) is 4.75. The van der Waals surface area contributed by atoms with E-state index in [0.29, 0.717) is 12.1 Å². The summed E-state index contributed by atoms with van der Waals surface area (Å²) < 4.78 is 39.5. The van der Waals surface area contributed by atoms with Crippen LogP contribution in [0.4, 0.5) is 13.2 Å². The van der Waals surface area contributed by atoms with Crippen LogP contribution in [-0.4, -0.2) is 9.78 Å². The van der Waals surface area contributed by atoms with Gasteiger partial charge in [-0.1, -0.05) is 18.2 Å². The lowest BCUT2D eigenvalue weighted by Gasteiger charge is -2.13. The van der Waals surface area contributed by atoms with Crippen molar-refractivity contribution in [2.45, 2.75) is 25.7 Å². The second kappa shape index (κ2) is 5.66. The highest BCUT2D eigenvalue weighted by atomic mass is 19.4. The molecule has 0 amide bonds. The van der Waals surface area contributed by atoms with Crippen molar-refractivity contribution in [3.05, 3.63) is 53.3 Å². The fraction of sp³-hybridized carbons (Fsp3) is 0.357. The molecular formula is C14H16F3N3. The van der Waals surface area contributed by atoms with Gasteiger partial charge in [0.15, 0.2) is 0 Å². The maximum absolute atomic E-state index is 12.6. The number of hydrogen-bond acceptors (Lipinski definition) is 2. The summed E-state index contributed by atoms with van der Waals surface area (Å²) >= 11 is 0. The molecule has 1 heterocycles. The average Bonchev–Trinajstić information content (AvgIpc) is 2.82. The largest absolute Gasteiger partial charge is 0.416 e. The first kappa shape index (κ1) is 14.6. The molecule has 0 spiro atoms. The van der Waals surface area contributed by atoms with Crippen molar-refractivity contribution in [1.82, 2.24) is 15.1 Å². The molecule has 1 aromatic heterocycles. The Balaban J connectivity index is 2.00. The van der Waals surface area contributed by atoms with E-state index >= 15 is 0 Å². The molecule has 0 saturated carbocycles. The third-order valence-corrected chi connectivity index (χ3v) is 3.09. The molecule has 0 bridgehead atoms. The minimum Gasteiger partial charge on any atom is -0.306 e. The van der Waals surface area contributed by atoms with E-state index in [1.807, 2.05) is 20.2 Å². The summed E-state index contributed by atoms with van der Waals surface area (Å²) in [5.74, 6) is 0. The van der Waals surface area contributed by atoms with Gasteiger partial charge in [-0.2, -0.15) is 18.3 Å². The van der Waals surface area contributed by atoms with Gasteiger partial charge >= 0.3 is 6.18 Å². The zero-order valence-electron chi connectivity index (χ0n) is 11.3. The van der Waals surface area contributed by atoms with Crippen molar-refractivity contribution >= 4 is 0 Å². The van der Waals surface area contributed by atoms with Gasteiger partial charge in [-0.3, -0.25) is 4.68 Å². The number of aryl methyl sites for hydroxylation is 1. The molecular weight excluding hydrogens is 267 g/mol. The topological polar surface area (TPSA) is 29.9 Å². The number of alkyl halides is 3. The molecule has 0 saturated heterocycles. The summed E-state index contributed by atoms with van der Waals surface area (Å²) in [7, 11) is 1.82. The Hall–Kier alpha value is -1.82. The van der Waals surface area contributed by atoms with Gasteiger partial charge in [0.05, 0.1) is 11.8 Å². The Labute approximate surface area is 115 Å². The molecule has 0 radical (unpaired) electrons. The van der Waals surface area contributed by atoms with Crippen molar-refractivity contribution in [2.24, 2.45) is 7.05 Å². The Morgan fingerprint density at radius 1 is 1.35 bits per heavy atom. The second-order valence-electron chi connectivity index (χ2n) is 4.75. The van der Waals surface area contributed by atoms with Crippen molar-refractivity contribution in [2.75, 3.05) is 0 Å². The summed E-state index contributed by atoms with van der Waals surface area (Å²) in [6.07, 6.45) is -0.682. The molecule has 0 aliphatic carbocycles. The first-order chi connectivity index (χ1) is 9.36. The molecule has 1 N–H and O–H groups in total. The molecule has 108 valence electrons. The number of halogens is 3. The van der Waals surface area contributed by atoms with Crippen molar-refractivity contribution < 1.29 is 13.2 Å². The molecule has 1 unspecified atom stereocenters. The van der Waals surface area contributed by atoms with Crippen LogP contribution in [0.25, 0.3) is 0 Å². The molecule has 0 aliphatic heterocycles. The standard InChI is InChI=1S/C14H16F3N3/c1-10(12-8-19-20(2)9-12)18-7-11-4-3-5-13(6-11)14(15,16)17/h3-6,8-10,18H,7H2,1-2H3. The third-order valence-electron chi connectivity index (χ3n) is 3.09. The van der Waals surface area contributed by atoms with Crippen LogP contribution in [0.15, 0.2) is 36.7 Å². The Kier molecular flexibility index (Phi) is 4.13. The van der Waals surface area contributed by atoms with Crippen LogP contribution in [0.2, 0.25) is 0 Å². The van der Waals surface area contributed by atoms with E-state index in [1.165, 1.54) is 12.1 Å². The van der Waals surface area contributed by atoms with Gasteiger partial charge < -0.3 is 5.32 Å². The van der Waals surface area contributed by atoms with Gasteiger partial charge in [-0.25, -0.2) is 0 Å². The van der Waals surface area contributed by atoms with E-state index in [1.54, 1.807) is 16.9 Å². The van der Waals surface area contributed by atoms with Gasteiger partial charge in [0.1, 0.15) is 0 Å². The lowest BCUT2D eigenvalue weighted by atomic mass is 10.1. The molecule has 0 fully saturated rings. The molecule has 2 rings (SSSR count). The maximum atomic E-state index is 12.6. The van der Waals surface area contributed by atoms with Crippen LogP contribution in [-0.2, 0) is 19.8 Å². The van der Waals surface area contributed by atoms with E-state index in [2.05, 4.69) is 10.4 Å². The maximum Gasteiger partial charge on any atom is 0.416 e. The van der Waals surface area contributed by atoms with Crippen LogP contribution in [0.1, 0.15) is 29.7 Å². The highest BCUT2D eigenvalue weighted by Crippen LogP contribution is 2.29. The van der Waals surface area contributed by atoms with Gasteiger partial charge in [0, 0.05) is 31.4 Å². The third kappa shape index (κ3) is 3.60. The van der Waals surface area contributed by atoms with E-state index in [9.17, 15) is 13.2 Å². The fourth-order valence-electron chi connectivity index (χ4n) is 1.91. The van der Waals surface area contributed by atoms with E-state index in [-0.39, 0.29) is 6.04 Å². The molecule has 0 aliphatic rings. The van der Waals surface area contributed by atoms with Crippen molar-refractivity contribution in [3.8, 4) is 0 Å². The van der Waals surface area contributed by atoms with Crippen LogP contribution >= 0.6 is 0 Å². The van der Waals surface area contributed by atoms with Crippen LogP contribution in [0.5, 0.6) is 0 Å². The normalized spacial score (nSPS) is 13.4. The van der Waals surface area contributed by atoms with Gasteiger partial charge in [0.2, 0.25) is 0 Å². The number of benzene rings is 1. The highest BCUT2D eigenvalue weighted by molar-refractivity contribution is 5.25. The van der Waals surface area contributed by atoms with Gasteiger partial charge in [0.25, 0.3) is 0 Å². The Morgan fingerprint density at radius 2 is 2.10 bits per heavy atom. The first-order valence-corrected chi connectivity index (χ1v) is 6.24. The minimum absolute atomic E-state index is 0.0262.